The van der Waals surface area contributed by atoms with Gasteiger partial charge in [-0.15, -0.1) is 0 Å². The van der Waals surface area contributed by atoms with Crippen molar-refractivity contribution in [1.82, 2.24) is 0 Å². The normalized spacial score (nSPS) is 21.2. The van der Waals surface area contributed by atoms with Gasteiger partial charge >= 0.3 is 0 Å². The van der Waals surface area contributed by atoms with Gasteiger partial charge in [0.05, 0.1) is 0 Å². The lowest BCUT2D eigenvalue weighted by Crippen LogP contribution is -2.13. The van der Waals surface area contributed by atoms with Crippen molar-refractivity contribution in [3.05, 3.63) is 70.8 Å². The van der Waals surface area contributed by atoms with E-state index in [4.69, 9.17) is 12.6 Å². The van der Waals surface area contributed by atoms with Gasteiger partial charge in [-0.25, -0.2) is 0 Å². The number of hydrogen-bond acceptors (Lipinski definition) is 1. The van der Waals surface area contributed by atoms with Gasteiger partial charge < -0.3 is 0 Å². The smallest absolute Gasteiger partial charge is 0.0378 e. The molecule has 2 aliphatic rings. The maximum absolute atomic E-state index is 4.99. The van der Waals surface area contributed by atoms with E-state index in [1.807, 2.05) is 0 Å². The van der Waals surface area contributed by atoms with Crippen molar-refractivity contribution in [3.63, 3.8) is 0 Å². The highest BCUT2D eigenvalue weighted by Gasteiger charge is 2.31. The average Bonchev–Trinajstić information content (AvgIpc) is 3.08. The van der Waals surface area contributed by atoms with E-state index in [-0.39, 0.29) is 4.75 Å². The third-order valence-electron chi connectivity index (χ3n) is 6.03. The van der Waals surface area contributed by atoms with E-state index in [2.05, 4.69) is 62.4 Å². The van der Waals surface area contributed by atoms with Crippen LogP contribution >= 0.6 is 12.6 Å². The maximum Gasteiger partial charge on any atom is 0.0378 e. The molecule has 0 nitrogen and oxygen atoms in total. The summed E-state index contributed by atoms with van der Waals surface area (Å²) < 4.78 is 0.116. The van der Waals surface area contributed by atoms with Crippen molar-refractivity contribution in [3.8, 4) is 0 Å². The molecule has 0 heterocycles. The van der Waals surface area contributed by atoms with Crippen LogP contribution in [0, 0.1) is 0 Å². The molecule has 1 heteroatoms. The standard InChI is InChI=1S/C24H32S/c1-3-8-21(12-11-20-10-5-4-9-19(20)2)22-13-15-23(16-14-22)24(25)17-6-7-18-24/h3-4,8-9,13-16,21,25H,5-7,10-12,17-18H2,1-2H3/b8-3-. The maximum atomic E-state index is 4.99. The van der Waals surface area contributed by atoms with Gasteiger partial charge in [0.2, 0.25) is 0 Å². The minimum atomic E-state index is 0.116. The lowest BCUT2D eigenvalue weighted by molar-refractivity contribution is 0.656. The molecule has 0 spiro atoms. The van der Waals surface area contributed by atoms with Crippen molar-refractivity contribution >= 4 is 12.6 Å². The molecule has 1 saturated carbocycles. The second-order valence-electron chi connectivity index (χ2n) is 7.76. The predicted octanol–water partition coefficient (Wildman–Crippen LogP) is 7.49. The monoisotopic (exact) mass is 352 g/mol. The Balaban J connectivity index is 1.71. The Morgan fingerprint density at radius 2 is 1.88 bits per heavy atom. The van der Waals surface area contributed by atoms with E-state index in [1.165, 1.54) is 68.1 Å². The molecule has 0 N–H and O–H groups in total. The average molecular weight is 353 g/mol. The molecule has 0 radical (unpaired) electrons. The second-order valence-corrected chi connectivity index (χ2v) is 8.62. The summed E-state index contributed by atoms with van der Waals surface area (Å²) in [6.07, 6.45) is 19.1. The first-order valence-corrected chi connectivity index (χ1v) is 10.4. The highest BCUT2D eigenvalue weighted by atomic mass is 32.1. The van der Waals surface area contributed by atoms with Crippen LogP contribution < -0.4 is 0 Å². The van der Waals surface area contributed by atoms with Crippen LogP contribution in [-0.4, -0.2) is 0 Å². The Bertz CT molecular complexity index is 654. The molecule has 134 valence electrons. The van der Waals surface area contributed by atoms with Gasteiger partial charge in [-0.3, -0.25) is 0 Å². The highest BCUT2D eigenvalue weighted by Crippen LogP contribution is 2.44. The summed E-state index contributed by atoms with van der Waals surface area (Å²) in [6, 6.07) is 9.35. The molecule has 1 fully saturated rings. The fourth-order valence-electron chi connectivity index (χ4n) is 4.38. The van der Waals surface area contributed by atoms with Gasteiger partial charge in [-0.2, -0.15) is 12.6 Å². The van der Waals surface area contributed by atoms with E-state index in [0.29, 0.717) is 5.92 Å². The first kappa shape index (κ1) is 18.6. The first-order valence-electron chi connectivity index (χ1n) is 9.93. The largest absolute Gasteiger partial charge is 0.168 e. The number of thiol groups is 1. The summed E-state index contributed by atoms with van der Waals surface area (Å²) in [5.74, 6) is 0.518. The molecule has 0 saturated heterocycles. The number of hydrogen-bond donors (Lipinski definition) is 1. The molecule has 1 atom stereocenters. The van der Waals surface area contributed by atoms with Crippen LogP contribution in [0.5, 0.6) is 0 Å². The molecule has 1 aromatic carbocycles. The lowest BCUT2D eigenvalue weighted by Gasteiger charge is -2.24. The van der Waals surface area contributed by atoms with Crippen LogP contribution in [-0.2, 0) is 4.75 Å². The number of rotatable bonds is 6. The molecular formula is C24H32S. The Hall–Kier alpha value is -1.21. The third-order valence-corrected chi connectivity index (χ3v) is 6.73. The highest BCUT2D eigenvalue weighted by molar-refractivity contribution is 7.81. The van der Waals surface area contributed by atoms with Crippen molar-refractivity contribution in [1.29, 1.82) is 0 Å². The van der Waals surface area contributed by atoms with Crippen LogP contribution in [0.3, 0.4) is 0 Å². The third kappa shape index (κ3) is 4.50. The van der Waals surface area contributed by atoms with Crippen molar-refractivity contribution in [2.24, 2.45) is 0 Å². The fraction of sp³-hybridized carbons (Fsp3) is 0.500. The molecule has 0 bridgehead atoms. The Kier molecular flexibility index (Phi) is 6.28. The van der Waals surface area contributed by atoms with Gasteiger partial charge in [-0.05, 0) is 63.5 Å². The Morgan fingerprint density at radius 1 is 1.16 bits per heavy atom. The Morgan fingerprint density at radius 3 is 2.52 bits per heavy atom. The zero-order chi connectivity index (χ0) is 17.7. The molecular weight excluding hydrogens is 320 g/mol. The summed E-state index contributed by atoms with van der Waals surface area (Å²) in [6.45, 7) is 4.40. The molecule has 0 aromatic heterocycles. The molecule has 1 unspecified atom stereocenters. The minimum absolute atomic E-state index is 0.116. The van der Waals surface area contributed by atoms with Crippen LogP contribution in [0.15, 0.2) is 59.7 Å². The van der Waals surface area contributed by atoms with E-state index in [9.17, 15) is 0 Å². The van der Waals surface area contributed by atoms with E-state index in [0.717, 1.165) is 0 Å². The predicted molar refractivity (Wildman–Crippen MR) is 113 cm³/mol. The van der Waals surface area contributed by atoms with Crippen molar-refractivity contribution < 1.29 is 0 Å². The van der Waals surface area contributed by atoms with E-state index < -0.39 is 0 Å². The van der Waals surface area contributed by atoms with Gasteiger partial charge in [0.15, 0.2) is 0 Å². The van der Waals surface area contributed by atoms with Gasteiger partial charge in [0, 0.05) is 10.7 Å². The Labute approximate surface area is 159 Å². The topological polar surface area (TPSA) is 0 Å². The van der Waals surface area contributed by atoms with Gasteiger partial charge in [0.1, 0.15) is 0 Å². The molecule has 2 aliphatic carbocycles. The summed E-state index contributed by atoms with van der Waals surface area (Å²) in [4.78, 5) is 0. The summed E-state index contributed by atoms with van der Waals surface area (Å²) >= 11 is 4.99. The number of benzene rings is 1. The van der Waals surface area contributed by atoms with E-state index in [1.54, 1.807) is 5.57 Å². The SMILES string of the molecule is C/C=C\C(CCC1=C(C)C=CCC1)c1ccc(C2(S)CCCC2)cc1. The van der Waals surface area contributed by atoms with Gasteiger partial charge in [-0.1, -0.05) is 72.6 Å². The first-order chi connectivity index (χ1) is 12.1. The quantitative estimate of drug-likeness (QED) is 0.398. The van der Waals surface area contributed by atoms with Crippen LogP contribution in [0.1, 0.15) is 82.3 Å². The fourth-order valence-corrected chi connectivity index (χ4v) is 4.85. The zero-order valence-electron chi connectivity index (χ0n) is 15.8. The van der Waals surface area contributed by atoms with Crippen LogP contribution in [0.25, 0.3) is 0 Å². The van der Waals surface area contributed by atoms with Gasteiger partial charge in [0.25, 0.3) is 0 Å². The molecule has 25 heavy (non-hydrogen) atoms. The van der Waals surface area contributed by atoms with E-state index >= 15 is 0 Å². The summed E-state index contributed by atoms with van der Waals surface area (Å²) in [5, 5.41) is 0. The van der Waals surface area contributed by atoms with Crippen molar-refractivity contribution in [2.75, 3.05) is 0 Å². The molecule has 0 amide bonds. The second kappa shape index (κ2) is 8.45. The summed E-state index contributed by atoms with van der Waals surface area (Å²) in [5.41, 5.74) is 5.99. The summed E-state index contributed by atoms with van der Waals surface area (Å²) in [7, 11) is 0. The zero-order valence-corrected chi connectivity index (χ0v) is 16.7. The van der Waals surface area contributed by atoms with Crippen LogP contribution in [0.2, 0.25) is 0 Å². The molecule has 3 rings (SSSR count). The number of allylic oxidation sites excluding steroid dienone is 6. The minimum Gasteiger partial charge on any atom is -0.168 e. The van der Waals surface area contributed by atoms with Crippen LogP contribution in [0.4, 0.5) is 0 Å². The van der Waals surface area contributed by atoms with Crippen molar-refractivity contribution in [2.45, 2.75) is 75.9 Å². The molecule has 1 aromatic rings. The lowest BCUT2D eigenvalue weighted by atomic mass is 9.87. The molecule has 0 aliphatic heterocycles.